The predicted octanol–water partition coefficient (Wildman–Crippen LogP) is 3.49. The molecule has 2 aromatic carbocycles. The number of guanidine groups is 1. The third kappa shape index (κ3) is 7.34. The first kappa shape index (κ1) is 24.8. The van der Waals surface area contributed by atoms with E-state index in [1.807, 2.05) is 30.5 Å². The smallest absolute Gasteiger partial charge is 0.258 e. The summed E-state index contributed by atoms with van der Waals surface area (Å²) >= 11 is 0. The molecule has 1 aliphatic carbocycles. The van der Waals surface area contributed by atoms with Crippen molar-refractivity contribution in [2.24, 2.45) is 4.99 Å². The summed E-state index contributed by atoms with van der Waals surface area (Å²) in [5.74, 6) is 1.01. The van der Waals surface area contributed by atoms with Gasteiger partial charge >= 0.3 is 0 Å². The number of carbonyl (C=O) groups excluding carboxylic acids is 1. The number of nitrogens with zero attached hydrogens (tertiary/aromatic N) is 1. The molecule has 4 N–H and O–H groups in total. The Bertz CT molecular complexity index is 1110. The van der Waals surface area contributed by atoms with Crippen LogP contribution in [0, 0.1) is 5.82 Å². The standard InChI is InChI=1S/C24H28FN5O2.HI/c1-26-24(27-10-9-17-14-28-22-8-5-18(25)12-21(17)22)29-13-16-3-2-4-20(11-16)32-15-23(31)30-19-6-7-19;/h2-5,8,11-12,14,19,28H,6-7,9-10,13,15H2,1H3,(H,30,31)(H2,26,27,29);1H. The van der Waals surface area contributed by atoms with Crippen molar-refractivity contribution in [1.82, 2.24) is 20.9 Å². The fourth-order valence-corrected chi connectivity index (χ4v) is 3.47. The quantitative estimate of drug-likeness (QED) is 0.182. The number of fused-ring (bicyclic) bond motifs is 1. The van der Waals surface area contributed by atoms with Crippen molar-refractivity contribution in [3.8, 4) is 5.75 Å². The maximum absolute atomic E-state index is 13.5. The summed E-state index contributed by atoms with van der Waals surface area (Å²) in [6, 6.07) is 12.7. The van der Waals surface area contributed by atoms with Crippen LogP contribution in [0.15, 0.2) is 53.7 Å². The van der Waals surface area contributed by atoms with Crippen molar-refractivity contribution in [2.45, 2.75) is 31.8 Å². The van der Waals surface area contributed by atoms with Gasteiger partial charge in [-0.3, -0.25) is 9.79 Å². The van der Waals surface area contributed by atoms with E-state index in [-0.39, 0.29) is 42.3 Å². The molecule has 7 nitrogen and oxygen atoms in total. The Morgan fingerprint density at radius 3 is 2.85 bits per heavy atom. The number of halogens is 2. The van der Waals surface area contributed by atoms with Crippen molar-refractivity contribution >= 4 is 46.7 Å². The van der Waals surface area contributed by atoms with Crippen molar-refractivity contribution in [3.05, 3.63) is 65.6 Å². The van der Waals surface area contributed by atoms with E-state index < -0.39 is 0 Å². The average molecular weight is 565 g/mol. The van der Waals surface area contributed by atoms with E-state index in [1.165, 1.54) is 6.07 Å². The minimum Gasteiger partial charge on any atom is -0.484 e. The molecule has 0 saturated heterocycles. The fraction of sp³-hybridized carbons (Fsp3) is 0.333. The van der Waals surface area contributed by atoms with E-state index in [2.05, 4.69) is 25.9 Å². The molecule has 176 valence electrons. The van der Waals surface area contributed by atoms with Crippen molar-refractivity contribution in [2.75, 3.05) is 20.2 Å². The maximum atomic E-state index is 13.5. The number of amides is 1. The first-order chi connectivity index (χ1) is 15.6. The lowest BCUT2D eigenvalue weighted by Crippen LogP contribution is -2.37. The molecule has 1 aliphatic rings. The third-order valence-corrected chi connectivity index (χ3v) is 5.31. The summed E-state index contributed by atoms with van der Waals surface area (Å²) in [7, 11) is 1.72. The van der Waals surface area contributed by atoms with Gasteiger partial charge < -0.3 is 25.7 Å². The normalized spacial score (nSPS) is 13.3. The van der Waals surface area contributed by atoms with Crippen LogP contribution >= 0.6 is 24.0 Å². The average Bonchev–Trinajstić information content (AvgIpc) is 3.53. The number of hydrogen-bond acceptors (Lipinski definition) is 3. The van der Waals surface area contributed by atoms with Crippen LogP contribution in [-0.4, -0.2) is 43.1 Å². The van der Waals surface area contributed by atoms with Gasteiger partial charge in [-0.25, -0.2) is 4.39 Å². The number of aromatic nitrogens is 1. The van der Waals surface area contributed by atoms with Gasteiger partial charge in [-0.2, -0.15) is 0 Å². The largest absolute Gasteiger partial charge is 0.484 e. The zero-order chi connectivity index (χ0) is 22.3. The molecule has 4 rings (SSSR count). The molecular formula is C24H29FIN5O2. The molecule has 1 fully saturated rings. The second-order valence-electron chi connectivity index (χ2n) is 7.88. The lowest BCUT2D eigenvalue weighted by atomic mass is 10.1. The third-order valence-electron chi connectivity index (χ3n) is 5.31. The zero-order valence-electron chi connectivity index (χ0n) is 18.5. The minimum absolute atomic E-state index is 0. The van der Waals surface area contributed by atoms with Gasteiger partial charge in [-0.15, -0.1) is 24.0 Å². The number of hydrogen-bond donors (Lipinski definition) is 4. The number of rotatable bonds is 9. The van der Waals surface area contributed by atoms with Crippen molar-refractivity contribution in [3.63, 3.8) is 0 Å². The molecule has 0 bridgehead atoms. The summed E-state index contributed by atoms with van der Waals surface area (Å²) < 4.78 is 19.1. The monoisotopic (exact) mass is 565 g/mol. The van der Waals surface area contributed by atoms with E-state index in [1.54, 1.807) is 19.2 Å². The van der Waals surface area contributed by atoms with Gasteiger partial charge in [0.1, 0.15) is 11.6 Å². The number of aromatic amines is 1. The molecule has 0 atom stereocenters. The Morgan fingerprint density at radius 1 is 1.21 bits per heavy atom. The minimum atomic E-state index is -0.237. The summed E-state index contributed by atoms with van der Waals surface area (Å²) in [6.07, 6.45) is 4.76. The van der Waals surface area contributed by atoms with Crippen LogP contribution in [0.5, 0.6) is 5.75 Å². The molecule has 1 heterocycles. The summed E-state index contributed by atoms with van der Waals surface area (Å²) in [5, 5.41) is 10.4. The Morgan fingerprint density at radius 2 is 2.06 bits per heavy atom. The first-order valence-corrected chi connectivity index (χ1v) is 10.8. The maximum Gasteiger partial charge on any atom is 0.258 e. The van der Waals surface area contributed by atoms with E-state index in [0.29, 0.717) is 30.8 Å². The molecule has 0 unspecified atom stereocenters. The van der Waals surface area contributed by atoms with Crippen LogP contribution < -0.4 is 20.7 Å². The number of H-pyrrole nitrogens is 1. The summed E-state index contributed by atoms with van der Waals surface area (Å²) in [5.41, 5.74) is 2.99. The number of benzene rings is 2. The Labute approximate surface area is 209 Å². The van der Waals surface area contributed by atoms with Crippen LogP contribution in [0.2, 0.25) is 0 Å². The molecule has 9 heteroatoms. The number of carbonyl (C=O) groups is 1. The summed E-state index contributed by atoms with van der Waals surface area (Å²) in [4.78, 5) is 19.2. The molecule has 1 amide bonds. The van der Waals surface area contributed by atoms with Gasteiger partial charge in [0.2, 0.25) is 0 Å². The van der Waals surface area contributed by atoms with E-state index in [4.69, 9.17) is 4.74 Å². The van der Waals surface area contributed by atoms with Crippen LogP contribution in [-0.2, 0) is 17.8 Å². The molecule has 1 saturated carbocycles. The highest BCUT2D eigenvalue weighted by Gasteiger charge is 2.23. The van der Waals surface area contributed by atoms with Crippen LogP contribution in [0.1, 0.15) is 24.0 Å². The van der Waals surface area contributed by atoms with Crippen LogP contribution in [0.3, 0.4) is 0 Å². The SMILES string of the molecule is CN=C(NCCc1c[nH]c2ccc(F)cc12)NCc1cccc(OCC(=O)NC2CC2)c1.I. The van der Waals surface area contributed by atoms with Crippen molar-refractivity contribution < 1.29 is 13.9 Å². The van der Waals surface area contributed by atoms with E-state index in [0.717, 1.165) is 41.3 Å². The lowest BCUT2D eigenvalue weighted by molar-refractivity contribution is -0.123. The van der Waals surface area contributed by atoms with Gasteiger partial charge in [0.15, 0.2) is 12.6 Å². The summed E-state index contributed by atoms with van der Waals surface area (Å²) in [6.45, 7) is 1.24. The van der Waals surface area contributed by atoms with Crippen LogP contribution in [0.4, 0.5) is 4.39 Å². The Balaban J connectivity index is 0.00000306. The van der Waals surface area contributed by atoms with E-state index >= 15 is 0 Å². The second kappa shape index (κ2) is 11.9. The van der Waals surface area contributed by atoms with Gasteiger partial charge in [-0.05, 0) is 60.7 Å². The van der Waals surface area contributed by atoms with Gasteiger partial charge in [0, 0.05) is 43.3 Å². The fourth-order valence-electron chi connectivity index (χ4n) is 3.47. The Hall–Kier alpha value is -2.82. The first-order valence-electron chi connectivity index (χ1n) is 10.8. The van der Waals surface area contributed by atoms with E-state index in [9.17, 15) is 9.18 Å². The number of nitrogens with one attached hydrogen (secondary N) is 4. The molecule has 0 spiro atoms. The molecule has 3 aromatic rings. The molecule has 1 aromatic heterocycles. The van der Waals surface area contributed by atoms with Crippen molar-refractivity contribution in [1.29, 1.82) is 0 Å². The molecule has 33 heavy (non-hydrogen) atoms. The number of aliphatic imine (C=N–C) groups is 1. The van der Waals surface area contributed by atoms with Gasteiger partial charge in [0.25, 0.3) is 5.91 Å². The predicted molar refractivity (Wildman–Crippen MR) is 139 cm³/mol. The molecule has 0 radical (unpaired) electrons. The Kier molecular flexibility index (Phi) is 8.93. The zero-order valence-corrected chi connectivity index (χ0v) is 20.8. The highest BCUT2D eigenvalue weighted by Crippen LogP contribution is 2.20. The van der Waals surface area contributed by atoms with Gasteiger partial charge in [-0.1, -0.05) is 12.1 Å². The number of ether oxygens (including phenoxy) is 1. The topological polar surface area (TPSA) is 90.5 Å². The molecular weight excluding hydrogens is 536 g/mol. The lowest BCUT2D eigenvalue weighted by Gasteiger charge is -2.13. The molecule has 0 aliphatic heterocycles. The van der Waals surface area contributed by atoms with Crippen LogP contribution in [0.25, 0.3) is 10.9 Å². The second-order valence-corrected chi connectivity index (χ2v) is 7.88. The highest BCUT2D eigenvalue weighted by molar-refractivity contribution is 14.0. The van der Waals surface area contributed by atoms with Gasteiger partial charge in [0.05, 0.1) is 0 Å². The highest BCUT2D eigenvalue weighted by atomic mass is 127.